The lowest BCUT2D eigenvalue weighted by atomic mass is 10.2. The van der Waals surface area contributed by atoms with Crippen molar-refractivity contribution in [3.05, 3.63) is 46.4 Å². The van der Waals surface area contributed by atoms with Crippen molar-refractivity contribution >= 4 is 33.7 Å². The number of rotatable bonds is 5. The number of carbonyl (C=O) groups is 1. The first kappa shape index (κ1) is 15.6. The zero-order valence-corrected chi connectivity index (χ0v) is 14.3. The molecule has 0 fully saturated rings. The molecular formula is C16H15N3O2S2. The number of thiazole rings is 2. The number of hydrogen-bond acceptors (Lipinski definition) is 6. The predicted octanol–water partition coefficient (Wildman–Crippen LogP) is 3.76. The van der Waals surface area contributed by atoms with Gasteiger partial charge in [-0.05, 0) is 31.2 Å². The van der Waals surface area contributed by atoms with E-state index in [1.807, 2.05) is 36.6 Å². The highest BCUT2D eigenvalue weighted by molar-refractivity contribution is 7.15. The third kappa shape index (κ3) is 3.94. The fourth-order valence-electron chi connectivity index (χ4n) is 1.99. The number of amides is 1. The van der Waals surface area contributed by atoms with Gasteiger partial charge in [-0.3, -0.25) is 4.79 Å². The highest BCUT2D eigenvalue weighted by Crippen LogP contribution is 2.26. The lowest BCUT2D eigenvalue weighted by Gasteiger charge is -2.00. The van der Waals surface area contributed by atoms with E-state index in [9.17, 15) is 4.79 Å². The first-order valence-electron chi connectivity index (χ1n) is 6.95. The third-order valence-corrected chi connectivity index (χ3v) is 4.87. The molecule has 0 aliphatic heterocycles. The molecule has 0 saturated heterocycles. The molecular weight excluding hydrogens is 330 g/mol. The lowest BCUT2D eigenvalue weighted by molar-refractivity contribution is -0.115. The van der Waals surface area contributed by atoms with Gasteiger partial charge in [-0.2, -0.15) is 0 Å². The van der Waals surface area contributed by atoms with Crippen LogP contribution in [0.4, 0.5) is 5.13 Å². The molecule has 0 unspecified atom stereocenters. The van der Waals surface area contributed by atoms with E-state index in [-0.39, 0.29) is 12.3 Å². The third-order valence-electron chi connectivity index (χ3n) is 3.10. The van der Waals surface area contributed by atoms with Gasteiger partial charge in [-0.1, -0.05) is 0 Å². The summed E-state index contributed by atoms with van der Waals surface area (Å²) in [5, 5.41) is 6.21. The standard InChI is InChI=1S/C16H15N3O2S2/c1-10-8-17-16(23-10)19-14(20)7-12-9-22-15(18-12)11-3-5-13(21-2)6-4-11/h3-6,8-9H,7H2,1-2H3,(H,17,19,20). The minimum Gasteiger partial charge on any atom is -0.497 e. The summed E-state index contributed by atoms with van der Waals surface area (Å²) in [5.74, 6) is 0.703. The molecule has 1 aromatic carbocycles. The Balaban J connectivity index is 1.65. The van der Waals surface area contributed by atoms with Crippen molar-refractivity contribution in [3.8, 4) is 16.3 Å². The molecule has 3 rings (SSSR count). The second-order valence-electron chi connectivity index (χ2n) is 4.87. The van der Waals surface area contributed by atoms with Crippen LogP contribution in [0.3, 0.4) is 0 Å². The van der Waals surface area contributed by atoms with Crippen molar-refractivity contribution in [2.24, 2.45) is 0 Å². The molecule has 118 valence electrons. The van der Waals surface area contributed by atoms with Crippen LogP contribution in [-0.2, 0) is 11.2 Å². The van der Waals surface area contributed by atoms with Gasteiger partial charge >= 0.3 is 0 Å². The van der Waals surface area contributed by atoms with Crippen LogP contribution in [0.5, 0.6) is 5.75 Å². The van der Waals surface area contributed by atoms with Crippen molar-refractivity contribution < 1.29 is 9.53 Å². The van der Waals surface area contributed by atoms with Crippen molar-refractivity contribution in [2.45, 2.75) is 13.3 Å². The maximum Gasteiger partial charge on any atom is 0.232 e. The van der Waals surface area contributed by atoms with Crippen molar-refractivity contribution in [3.63, 3.8) is 0 Å². The number of ether oxygens (including phenoxy) is 1. The number of hydrogen-bond donors (Lipinski definition) is 1. The fraction of sp³-hybridized carbons (Fsp3) is 0.188. The summed E-state index contributed by atoms with van der Waals surface area (Å²) in [6.45, 7) is 1.95. The van der Waals surface area contributed by atoms with Gasteiger partial charge in [-0.15, -0.1) is 22.7 Å². The Morgan fingerprint density at radius 1 is 1.30 bits per heavy atom. The molecule has 0 spiro atoms. The quantitative estimate of drug-likeness (QED) is 0.764. The molecule has 0 radical (unpaired) electrons. The summed E-state index contributed by atoms with van der Waals surface area (Å²) >= 11 is 2.98. The Morgan fingerprint density at radius 3 is 2.74 bits per heavy atom. The SMILES string of the molecule is COc1ccc(-c2nc(CC(=O)Nc3ncc(C)s3)cs2)cc1. The monoisotopic (exact) mass is 345 g/mol. The van der Waals surface area contributed by atoms with Gasteiger partial charge in [0, 0.05) is 22.0 Å². The number of aryl methyl sites for hydroxylation is 1. The molecule has 1 amide bonds. The first-order chi connectivity index (χ1) is 11.1. The lowest BCUT2D eigenvalue weighted by Crippen LogP contribution is -2.14. The Hall–Kier alpha value is -2.25. The van der Waals surface area contributed by atoms with E-state index in [1.165, 1.54) is 22.7 Å². The summed E-state index contributed by atoms with van der Waals surface area (Å²) in [4.78, 5) is 21.7. The average molecular weight is 345 g/mol. The Morgan fingerprint density at radius 2 is 2.09 bits per heavy atom. The van der Waals surface area contributed by atoms with Crippen LogP contribution in [0, 0.1) is 6.92 Å². The molecule has 1 N–H and O–H groups in total. The van der Waals surface area contributed by atoms with Gasteiger partial charge < -0.3 is 10.1 Å². The molecule has 0 bridgehead atoms. The van der Waals surface area contributed by atoms with Crippen LogP contribution >= 0.6 is 22.7 Å². The summed E-state index contributed by atoms with van der Waals surface area (Å²) in [7, 11) is 1.64. The summed E-state index contributed by atoms with van der Waals surface area (Å²) in [6.07, 6.45) is 1.98. The Labute approximate surface area is 142 Å². The highest BCUT2D eigenvalue weighted by Gasteiger charge is 2.11. The summed E-state index contributed by atoms with van der Waals surface area (Å²) in [6, 6.07) is 7.71. The van der Waals surface area contributed by atoms with E-state index in [0.717, 1.165) is 26.9 Å². The molecule has 2 aromatic heterocycles. The number of anilines is 1. The second-order valence-corrected chi connectivity index (χ2v) is 6.97. The van der Waals surface area contributed by atoms with E-state index < -0.39 is 0 Å². The number of aromatic nitrogens is 2. The van der Waals surface area contributed by atoms with Gasteiger partial charge in [0.25, 0.3) is 0 Å². The van der Waals surface area contributed by atoms with E-state index in [0.29, 0.717) is 5.13 Å². The van der Waals surface area contributed by atoms with E-state index in [2.05, 4.69) is 15.3 Å². The average Bonchev–Trinajstić information content (AvgIpc) is 3.16. The van der Waals surface area contributed by atoms with E-state index >= 15 is 0 Å². The molecule has 0 aliphatic carbocycles. The number of nitrogens with one attached hydrogen (secondary N) is 1. The Bertz CT molecular complexity index is 809. The molecule has 2 heterocycles. The largest absolute Gasteiger partial charge is 0.497 e. The zero-order valence-electron chi connectivity index (χ0n) is 12.7. The van der Waals surface area contributed by atoms with Crippen LogP contribution in [0.2, 0.25) is 0 Å². The molecule has 7 heteroatoms. The van der Waals surface area contributed by atoms with Gasteiger partial charge in [0.05, 0.1) is 19.2 Å². The van der Waals surface area contributed by atoms with Gasteiger partial charge in [-0.25, -0.2) is 9.97 Å². The first-order valence-corrected chi connectivity index (χ1v) is 8.65. The van der Waals surface area contributed by atoms with Crippen LogP contribution in [-0.4, -0.2) is 23.0 Å². The van der Waals surface area contributed by atoms with Crippen LogP contribution < -0.4 is 10.1 Å². The Kier molecular flexibility index (Phi) is 4.68. The smallest absolute Gasteiger partial charge is 0.232 e. The fourth-order valence-corrected chi connectivity index (χ4v) is 3.50. The van der Waals surface area contributed by atoms with E-state index in [1.54, 1.807) is 13.3 Å². The second kappa shape index (κ2) is 6.89. The van der Waals surface area contributed by atoms with Gasteiger partial charge in [0.15, 0.2) is 5.13 Å². The minimum absolute atomic E-state index is 0.106. The van der Waals surface area contributed by atoms with Crippen LogP contribution in [0.25, 0.3) is 10.6 Å². The number of nitrogens with zero attached hydrogens (tertiary/aromatic N) is 2. The van der Waals surface area contributed by atoms with E-state index in [4.69, 9.17) is 4.74 Å². The number of methoxy groups -OCH3 is 1. The van der Waals surface area contributed by atoms with Crippen LogP contribution in [0.1, 0.15) is 10.6 Å². The topological polar surface area (TPSA) is 64.1 Å². The maximum atomic E-state index is 12.0. The molecule has 3 aromatic rings. The van der Waals surface area contributed by atoms with Gasteiger partial charge in [0.2, 0.25) is 5.91 Å². The summed E-state index contributed by atoms with van der Waals surface area (Å²) < 4.78 is 5.15. The van der Waals surface area contributed by atoms with Crippen molar-refractivity contribution in [2.75, 3.05) is 12.4 Å². The zero-order chi connectivity index (χ0) is 16.2. The number of benzene rings is 1. The maximum absolute atomic E-state index is 12.0. The molecule has 23 heavy (non-hydrogen) atoms. The molecule has 5 nitrogen and oxygen atoms in total. The minimum atomic E-state index is -0.106. The van der Waals surface area contributed by atoms with Crippen molar-refractivity contribution in [1.29, 1.82) is 0 Å². The van der Waals surface area contributed by atoms with Gasteiger partial charge in [0.1, 0.15) is 10.8 Å². The van der Waals surface area contributed by atoms with Crippen molar-refractivity contribution in [1.82, 2.24) is 9.97 Å². The number of carbonyl (C=O) groups excluding carboxylic acids is 1. The normalized spacial score (nSPS) is 10.5. The summed E-state index contributed by atoms with van der Waals surface area (Å²) in [5.41, 5.74) is 1.77. The molecule has 0 saturated carbocycles. The molecule has 0 aliphatic rings. The molecule has 0 atom stereocenters. The van der Waals surface area contributed by atoms with Crippen LogP contribution in [0.15, 0.2) is 35.8 Å². The highest BCUT2D eigenvalue weighted by atomic mass is 32.1. The predicted molar refractivity (Wildman–Crippen MR) is 93.3 cm³/mol.